The Morgan fingerprint density at radius 2 is 1.72 bits per heavy atom. The van der Waals surface area contributed by atoms with Gasteiger partial charge in [-0.15, -0.1) is 0 Å². The van der Waals surface area contributed by atoms with Crippen molar-refractivity contribution in [3.63, 3.8) is 0 Å². The fraction of sp³-hybridized carbons (Fsp3) is 0.600. The quantitative estimate of drug-likeness (QED) is 0.834. The zero-order chi connectivity index (χ0) is 12.7. The van der Waals surface area contributed by atoms with E-state index < -0.39 is 0 Å². The normalized spacial score (nSPS) is 29.1. The van der Waals surface area contributed by atoms with E-state index in [0.717, 1.165) is 25.9 Å². The van der Waals surface area contributed by atoms with Crippen molar-refractivity contribution in [1.82, 2.24) is 9.80 Å². The van der Waals surface area contributed by atoms with Crippen LogP contribution in [-0.4, -0.2) is 60.3 Å². The van der Waals surface area contributed by atoms with Crippen molar-refractivity contribution in [2.24, 2.45) is 0 Å². The maximum atomic E-state index is 10.1. The van der Waals surface area contributed by atoms with E-state index in [9.17, 15) is 5.11 Å². The molecule has 0 spiro atoms. The van der Waals surface area contributed by atoms with E-state index in [-0.39, 0.29) is 12.1 Å². The van der Waals surface area contributed by atoms with Gasteiger partial charge in [0.15, 0.2) is 0 Å². The first-order valence-corrected chi connectivity index (χ1v) is 6.80. The lowest BCUT2D eigenvalue weighted by atomic mass is 10.1. The van der Waals surface area contributed by atoms with Crippen molar-refractivity contribution >= 4 is 0 Å². The third kappa shape index (κ3) is 2.07. The molecule has 1 aliphatic carbocycles. The molecule has 3 rings (SSSR count). The van der Waals surface area contributed by atoms with Crippen LogP contribution < -0.4 is 0 Å². The van der Waals surface area contributed by atoms with Crippen molar-refractivity contribution < 1.29 is 5.11 Å². The number of nitrogens with zero attached hydrogens (tertiary/aromatic N) is 2. The average molecular weight is 246 g/mol. The summed E-state index contributed by atoms with van der Waals surface area (Å²) >= 11 is 0. The largest absolute Gasteiger partial charge is 0.390 e. The summed E-state index contributed by atoms with van der Waals surface area (Å²) < 4.78 is 0. The first-order valence-electron chi connectivity index (χ1n) is 6.80. The molecule has 18 heavy (non-hydrogen) atoms. The van der Waals surface area contributed by atoms with Gasteiger partial charge in [-0.2, -0.15) is 0 Å². The summed E-state index contributed by atoms with van der Waals surface area (Å²) in [5, 5.41) is 10.1. The summed E-state index contributed by atoms with van der Waals surface area (Å²) in [7, 11) is 4.11. The molecule has 1 N–H and O–H groups in total. The monoisotopic (exact) mass is 246 g/mol. The van der Waals surface area contributed by atoms with Gasteiger partial charge in [-0.1, -0.05) is 24.3 Å². The van der Waals surface area contributed by atoms with E-state index in [1.54, 1.807) is 0 Å². The molecular formula is C15H22N2O. The molecule has 0 radical (unpaired) electrons. The zero-order valence-electron chi connectivity index (χ0n) is 11.2. The average Bonchev–Trinajstić information content (AvgIpc) is 2.91. The van der Waals surface area contributed by atoms with Crippen molar-refractivity contribution in [1.29, 1.82) is 0 Å². The van der Waals surface area contributed by atoms with Crippen molar-refractivity contribution in [2.45, 2.75) is 31.0 Å². The molecule has 0 unspecified atom stereocenters. The van der Waals surface area contributed by atoms with Crippen LogP contribution in [0, 0.1) is 0 Å². The van der Waals surface area contributed by atoms with Gasteiger partial charge in [0.25, 0.3) is 0 Å². The van der Waals surface area contributed by atoms with Gasteiger partial charge >= 0.3 is 0 Å². The van der Waals surface area contributed by atoms with Crippen LogP contribution in [0.4, 0.5) is 0 Å². The minimum Gasteiger partial charge on any atom is -0.390 e. The molecule has 98 valence electrons. The standard InChI is InChI=1S/C15H22N2O/c1-16(2)14-9-17(10-15(14)18)13-7-11-5-3-4-6-12(11)8-13/h3-6,13-15,18H,7-10H2,1-2H3/t14-,15-/m0/s1. The number of hydrogen-bond acceptors (Lipinski definition) is 3. The van der Waals surface area contributed by atoms with Crippen molar-refractivity contribution in [3.8, 4) is 0 Å². The fourth-order valence-corrected chi connectivity index (χ4v) is 3.40. The number of rotatable bonds is 2. The number of fused-ring (bicyclic) bond motifs is 1. The molecule has 0 bridgehead atoms. The Labute approximate surface area is 109 Å². The third-order valence-electron chi connectivity index (χ3n) is 4.50. The second kappa shape index (κ2) is 4.65. The maximum absolute atomic E-state index is 10.1. The van der Waals surface area contributed by atoms with Gasteiger partial charge in [0.05, 0.1) is 6.10 Å². The van der Waals surface area contributed by atoms with Crippen LogP contribution in [-0.2, 0) is 12.8 Å². The van der Waals surface area contributed by atoms with Crippen LogP contribution in [0.1, 0.15) is 11.1 Å². The van der Waals surface area contributed by atoms with Gasteiger partial charge in [0, 0.05) is 25.2 Å². The van der Waals surface area contributed by atoms with Gasteiger partial charge in [0.1, 0.15) is 0 Å². The summed E-state index contributed by atoms with van der Waals surface area (Å²) in [5.41, 5.74) is 2.98. The van der Waals surface area contributed by atoms with Crippen LogP contribution in [0.3, 0.4) is 0 Å². The molecule has 1 fully saturated rings. The molecule has 3 heteroatoms. The summed E-state index contributed by atoms with van der Waals surface area (Å²) in [4.78, 5) is 4.61. The van der Waals surface area contributed by atoms with Crippen molar-refractivity contribution in [3.05, 3.63) is 35.4 Å². The molecule has 3 nitrogen and oxygen atoms in total. The third-order valence-corrected chi connectivity index (χ3v) is 4.50. The SMILES string of the molecule is CN(C)[C@H]1CN(C2Cc3ccccc3C2)C[C@@H]1O. The van der Waals surface area contributed by atoms with Gasteiger partial charge in [-0.05, 0) is 38.1 Å². The molecule has 1 aliphatic heterocycles. The van der Waals surface area contributed by atoms with Crippen LogP contribution in [0.25, 0.3) is 0 Å². The molecule has 0 amide bonds. The lowest BCUT2D eigenvalue weighted by Crippen LogP contribution is -2.39. The smallest absolute Gasteiger partial charge is 0.0834 e. The van der Waals surface area contributed by atoms with Crippen molar-refractivity contribution in [2.75, 3.05) is 27.2 Å². The second-order valence-electron chi connectivity index (χ2n) is 5.88. The summed E-state index contributed by atoms with van der Waals surface area (Å²) in [5.74, 6) is 0. The Bertz CT molecular complexity index is 407. The van der Waals surface area contributed by atoms with Crippen LogP contribution in [0.2, 0.25) is 0 Å². The fourth-order valence-electron chi connectivity index (χ4n) is 3.40. The minimum atomic E-state index is -0.205. The number of aliphatic hydroxyl groups excluding tert-OH is 1. The number of β-amino-alcohol motifs (C(OH)–C–C–N with tert-alkyl or cyclic N) is 1. The number of aliphatic hydroxyl groups is 1. The highest BCUT2D eigenvalue weighted by atomic mass is 16.3. The maximum Gasteiger partial charge on any atom is 0.0834 e. The van der Waals surface area contributed by atoms with Gasteiger partial charge < -0.3 is 10.0 Å². The van der Waals surface area contributed by atoms with E-state index >= 15 is 0 Å². The molecule has 1 aromatic carbocycles. The zero-order valence-corrected chi connectivity index (χ0v) is 11.2. The predicted molar refractivity (Wildman–Crippen MR) is 72.7 cm³/mol. The Kier molecular flexibility index (Phi) is 3.14. The van der Waals surface area contributed by atoms with E-state index in [0.29, 0.717) is 6.04 Å². The first-order chi connectivity index (χ1) is 8.65. The van der Waals surface area contributed by atoms with Gasteiger partial charge in [0.2, 0.25) is 0 Å². The highest BCUT2D eigenvalue weighted by Gasteiger charge is 2.37. The summed E-state index contributed by atoms with van der Waals surface area (Å²) in [6, 6.07) is 9.61. The minimum absolute atomic E-state index is 0.205. The van der Waals surface area contributed by atoms with Crippen LogP contribution in [0.5, 0.6) is 0 Å². The lowest BCUT2D eigenvalue weighted by molar-refractivity contribution is 0.111. The Morgan fingerprint density at radius 3 is 2.22 bits per heavy atom. The van der Waals surface area contributed by atoms with Crippen LogP contribution in [0.15, 0.2) is 24.3 Å². The number of likely N-dealkylation sites (tertiary alicyclic amines) is 1. The summed E-state index contributed by atoms with van der Waals surface area (Å²) in [6.07, 6.45) is 2.08. The molecule has 1 aromatic rings. The topological polar surface area (TPSA) is 26.7 Å². The highest BCUT2D eigenvalue weighted by molar-refractivity contribution is 5.33. The van der Waals surface area contributed by atoms with Gasteiger partial charge in [-0.3, -0.25) is 4.90 Å². The van der Waals surface area contributed by atoms with E-state index in [4.69, 9.17) is 0 Å². The molecule has 1 heterocycles. The van der Waals surface area contributed by atoms with Crippen LogP contribution >= 0.6 is 0 Å². The second-order valence-corrected chi connectivity index (χ2v) is 5.88. The molecule has 0 saturated carbocycles. The molecular weight excluding hydrogens is 224 g/mol. The summed E-state index contributed by atoms with van der Waals surface area (Å²) in [6.45, 7) is 1.81. The predicted octanol–water partition coefficient (Wildman–Crippen LogP) is 0.760. The highest BCUT2D eigenvalue weighted by Crippen LogP contribution is 2.28. The molecule has 0 aromatic heterocycles. The lowest BCUT2D eigenvalue weighted by Gasteiger charge is -2.25. The number of likely N-dealkylation sites (N-methyl/N-ethyl adjacent to an activating group) is 1. The Morgan fingerprint density at radius 1 is 1.11 bits per heavy atom. The van der Waals surface area contributed by atoms with E-state index in [1.165, 1.54) is 11.1 Å². The first kappa shape index (κ1) is 12.2. The molecule has 2 atom stereocenters. The Balaban J connectivity index is 1.69. The molecule has 2 aliphatic rings. The van der Waals surface area contributed by atoms with E-state index in [1.807, 2.05) is 0 Å². The molecule has 1 saturated heterocycles. The number of benzene rings is 1. The van der Waals surface area contributed by atoms with E-state index in [2.05, 4.69) is 48.2 Å². The number of hydrogen-bond donors (Lipinski definition) is 1. The Hall–Kier alpha value is -0.900. The van der Waals surface area contributed by atoms with Gasteiger partial charge in [-0.25, -0.2) is 0 Å².